The van der Waals surface area contributed by atoms with Crippen LogP contribution in [0.2, 0.25) is 5.15 Å². The number of hydrogen-bond acceptors (Lipinski definition) is 5. The maximum atomic E-state index is 13.7. The summed E-state index contributed by atoms with van der Waals surface area (Å²) in [5.41, 5.74) is 4.76. The molecule has 2 unspecified atom stereocenters. The van der Waals surface area contributed by atoms with Crippen LogP contribution in [0.3, 0.4) is 0 Å². The molecule has 0 aliphatic carbocycles. The van der Waals surface area contributed by atoms with E-state index in [1.165, 1.54) is 17.8 Å². The van der Waals surface area contributed by atoms with Crippen LogP contribution in [-0.4, -0.2) is 14.8 Å². The van der Waals surface area contributed by atoms with Crippen LogP contribution in [0.5, 0.6) is 0 Å². The van der Waals surface area contributed by atoms with Gasteiger partial charge in [0.2, 0.25) is 0 Å². The molecule has 2 atom stereocenters. The summed E-state index contributed by atoms with van der Waals surface area (Å²) >= 11 is 5.98. The molecule has 0 saturated heterocycles. The number of nitrogens with one attached hydrogen (secondary N) is 1. The fraction of sp³-hybridized carbons (Fsp3) is 0.292. The third-order valence-corrected chi connectivity index (χ3v) is 5.72. The van der Waals surface area contributed by atoms with Crippen LogP contribution in [0.4, 0.5) is 10.1 Å². The Kier molecular flexibility index (Phi) is 5.77. The highest BCUT2D eigenvalue weighted by Crippen LogP contribution is 2.32. The number of anilines is 1. The van der Waals surface area contributed by atoms with E-state index in [1.807, 2.05) is 39.0 Å². The van der Waals surface area contributed by atoms with Crippen LogP contribution >= 0.6 is 11.6 Å². The van der Waals surface area contributed by atoms with Gasteiger partial charge < -0.3 is 9.73 Å². The number of aryl methyl sites for hydroxylation is 2. The summed E-state index contributed by atoms with van der Waals surface area (Å²) in [5.74, 6) is 0.385. The molecule has 3 heterocycles. The van der Waals surface area contributed by atoms with Gasteiger partial charge in [-0.2, -0.15) is 5.10 Å². The minimum atomic E-state index is -1.28. The average molecular weight is 455 g/mol. The van der Waals surface area contributed by atoms with Gasteiger partial charge in [0.25, 0.3) is 0 Å². The van der Waals surface area contributed by atoms with E-state index < -0.39 is 6.30 Å². The number of rotatable bonds is 5. The largest absolute Gasteiger partial charge is 0.455 e. The molecule has 0 amide bonds. The lowest BCUT2D eigenvalue weighted by molar-refractivity contribution is 0.245. The second-order valence-corrected chi connectivity index (χ2v) is 8.42. The van der Waals surface area contributed by atoms with Gasteiger partial charge in [0, 0.05) is 17.3 Å². The van der Waals surface area contributed by atoms with Crippen LogP contribution < -0.4 is 10.7 Å². The zero-order valence-corrected chi connectivity index (χ0v) is 19.3. The molecular weight excluding hydrogens is 431 g/mol. The molecule has 8 heteroatoms. The highest BCUT2D eigenvalue weighted by atomic mass is 35.5. The Morgan fingerprint density at radius 2 is 1.94 bits per heavy atom. The number of fused-ring (bicyclic) bond motifs is 1. The number of benzene rings is 1. The summed E-state index contributed by atoms with van der Waals surface area (Å²) in [5, 5.41) is 8.41. The van der Waals surface area contributed by atoms with Gasteiger partial charge in [0.05, 0.1) is 34.6 Å². The second kappa shape index (κ2) is 8.39. The van der Waals surface area contributed by atoms with Crippen LogP contribution in [-0.2, 0) is 0 Å². The third kappa shape index (κ3) is 4.00. The maximum absolute atomic E-state index is 13.7. The molecule has 4 aromatic rings. The topological polar surface area (TPSA) is 73.0 Å². The Labute approximate surface area is 190 Å². The monoisotopic (exact) mass is 454 g/mol. The van der Waals surface area contributed by atoms with E-state index >= 15 is 0 Å². The minimum Gasteiger partial charge on any atom is -0.455 e. The SMILES string of the molecule is Cc1cc(C(C)Nc2ccc(Cl)nc2C)c2oc(-c3cnn(C(C)F)c3)c(C)c(=O)c2c1. The smallest absolute Gasteiger partial charge is 0.196 e. The van der Waals surface area contributed by atoms with Crippen molar-refractivity contribution in [2.24, 2.45) is 0 Å². The number of aromatic nitrogens is 3. The molecule has 0 aliphatic rings. The van der Waals surface area contributed by atoms with Gasteiger partial charge in [0.15, 0.2) is 11.7 Å². The van der Waals surface area contributed by atoms with Gasteiger partial charge in [-0.25, -0.2) is 14.1 Å². The van der Waals surface area contributed by atoms with Gasteiger partial charge in [-0.3, -0.25) is 4.79 Å². The lowest BCUT2D eigenvalue weighted by Gasteiger charge is -2.19. The first kappa shape index (κ1) is 22.0. The summed E-state index contributed by atoms with van der Waals surface area (Å²) in [6.07, 6.45) is 1.76. The van der Waals surface area contributed by atoms with Gasteiger partial charge >= 0.3 is 0 Å². The average Bonchev–Trinajstić information content (AvgIpc) is 3.23. The lowest BCUT2D eigenvalue weighted by atomic mass is 9.99. The maximum Gasteiger partial charge on any atom is 0.196 e. The minimum absolute atomic E-state index is 0.121. The Morgan fingerprint density at radius 1 is 1.19 bits per heavy atom. The van der Waals surface area contributed by atoms with Crippen molar-refractivity contribution < 1.29 is 8.81 Å². The van der Waals surface area contributed by atoms with Crippen molar-refractivity contribution in [2.45, 2.75) is 47.0 Å². The van der Waals surface area contributed by atoms with Gasteiger partial charge in [0.1, 0.15) is 16.5 Å². The number of hydrogen-bond donors (Lipinski definition) is 1. The Morgan fingerprint density at radius 3 is 2.59 bits per heavy atom. The first-order valence-electron chi connectivity index (χ1n) is 10.3. The van der Waals surface area contributed by atoms with E-state index in [0.717, 1.165) is 22.5 Å². The normalized spacial score (nSPS) is 13.3. The predicted molar refractivity (Wildman–Crippen MR) is 125 cm³/mol. The summed E-state index contributed by atoms with van der Waals surface area (Å²) in [6, 6.07) is 7.23. The van der Waals surface area contributed by atoms with E-state index in [1.54, 1.807) is 19.2 Å². The molecule has 0 saturated carbocycles. The molecule has 0 spiro atoms. The molecule has 3 aromatic heterocycles. The van der Waals surface area contributed by atoms with Crippen molar-refractivity contribution in [3.05, 3.63) is 74.4 Å². The van der Waals surface area contributed by atoms with Crippen LogP contribution in [0.25, 0.3) is 22.3 Å². The summed E-state index contributed by atoms with van der Waals surface area (Å²) < 4.78 is 21.1. The first-order valence-corrected chi connectivity index (χ1v) is 10.7. The third-order valence-electron chi connectivity index (χ3n) is 5.51. The van der Waals surface area contributed by atoms with E-state index in [9.17, 15) is 9.18 Å². The summed E-state index contributed by atoms with van der Waals surface area (Å²) in [7, 11) is 0. The van der Waals surface area contributed by atoms with E-state index in [4.69, 9.17) is 16.0 Å². The van der Waals surface area contributed by atoms with Crippen LogP contribution in [0.15, 0.2) is 45.9 Å². The Bertz CT molecular complexity index is 1380. The molecule has 1 N–H and O–H groups in total. The number of nitrogens with zero attached hydrogens (tertiary/aromatic N) is 3. The zero-order chi connectivity index (χ0) is 23.2. The molecule has 0 radical (unpaired) electrons. The number of halogens is 2. The standard InChI is InChI=1S/C24H24ClFN4O2/c1-12-8-18(14(3)28-20-6-7-21(25)29-15(20)4)24-19(9-12)22(31)13(2)23(32-24)17-10-27-30(11-17)16(5)26/h6-11,14,16,28H,1-5H3. The summed E-state index contributed by atoms with van der Waals surface area (Å²) in [6.45, 7) is 8.91. The van der Waals surface area contributed by atoms with Crippen molar-refractivity contribution in [3.63, 3.8) is 0 Å². The number of alkyl halides is 1. The molecule has 6 nitrogen and oxygen atoms in total. The van der Waals surface area contributed by atoms with Crippen molar-refractivity contribution in [2.75, 3.05) is 5.32 Å². The Balaban J connectivity index is 1.86. The van der Waals surface area contributed by atoms with Crippen LogP contribution in [0.1, 0.15) is 48.6 Å². The quantitative estimate of drug-likeness (QED) is 0.358. The highest BCUT2D eigenvalue weighted by Gasteiger charge is 2.20. The van der Waals surface area contributed by atoms with Crippen molar-refractivity contribution >= 4 is 28.3 Å². The predicted octanol–water partition coefficient (Wildman–Crippen LogP) is 6.29. The summed E-state index contributed by atoms with van der Waals surface area (Å²) in [4.78, 5) is 17.5. The van der Waals surface area contributed by atoms with Crippen molar-refractivity contribution in [1.29, 1.82) is 0 Å². The number of pyridine rings is 1. The van der Waals surface area contributed by atoms with E-state index in [-0.39, 0.29) is 11.5 Å². The van der Waals surface area contributed by atoms with Gasteiger partial charge in [-0.15, -0.1) is 0 Å². The van der Waals surface area contributed by atoms with Crippen molar-refractivity contribution in [3.8, 4) is 11.3 Å². The molecule has 166 valence electrons. The fourth-order valence-electron chi connectivity index (χ4n) is 3.81. The van der Waals surface area contributed by atoms with Gasteiger partial charge in [-0.05, 0) is 58.4 Å². The molecule has 4 rings (SSSR count). The highest BCUT2D eigenvalue weighted by molar-refractivity contribution is 6.29. The second-order valence-electron chi connectivity index (χ2n) is 8.03. The zero-order valence-electron chi connectivity index (χ0n) is 18.5. The first-order chi connectivity index (χ1) is 15.2. The molecule has 1 aromatic carbocycles. The lowest BCUT2D eigenvalue weighted by Crippen LogP contribution is -2.13. The van der Waals surface area contributed by atoms with Crippen molar-refractivity contribution in [1.82, 2.24) is 14.8 Å². The Hall–Kier alpha value is -3.19. The molecule has 32 heavy (non-hydrogen) atoms. The van der Waals surface area contributed by atoms with E-state index in [2.05, 4.69) is 15.4 Å². The molecule has 0 fully saturated rings. The van der Waals surface area contributed by atoms with Gasteiger partial charge in [-0.1, -0.05) is 17.7 Å². The molecular formula is C24H24ClFN4O2. The molecule has 0 bridgehead atoms. The fourth-order valence-corrected chi connectivity index (χ4v) is 4.00. The van der Waals surface area contributed by atoms with Crippen LogP contribution in [0, 0.1) is 20.8 Å². The van der Waals surface area contributed by atoms with E-state index in [0.29, 0.717) is 33.0 Å². The molecule has 0 aliphatic heterocycles.